The number of aromatic nitrogens is 1. The number of amides is 1. The molecule has 0 radical (unpaired) electrons. The van der Waals surface area contributed by atoms with Gasteiger partial charge in [0.1, 0.15) is 0 Å². The van der Waals surface area contributed by atoms with Crippen LogP contribution in [0.25, 0.3) is 0 Å². The Morgan fingerprint density at radius 2 is 1.97 bits per heavy atom. The summed E-state index contributed by atoms with van der Waals surface area (Å²) < 4.78 is 33.9. The van der Waals surface area contributed by atoms with Crippen LogP contribution in [0.1, 0.15) is 30.5 Å². The summed E-state index contributed by atoms with van der Waals surface area (Å²) in [4.78, 5) is 16.3. The maximum atomic E-state index is 12.7. The Balaban J connectivity index is 1.46. The van der Waals surface area contributed by atoms with Gasteiger partial charge in [-0.1, -0.05) is 23.8 Å². The molecule has 168 valence electrons. The third kappa shape index (κ3) is 6.83. The van der Waals surface area contributed by atoms with E-state index >= 15 is 0 Å². The molecule has 0 bridgehead atoms. The van der Waals surface area contributed by atoms with Crippen molar-refractivity contribution in [2.24, 2.45) is 0 Å². The van der Waals surface area contributed by atoms with Gasteiger partial charge in [0, 0.05) is 18.4 Å². The third-order valence-electron chi connectivity index (χ3n) is 5.29. The molecular formula is C22H29N3O5S. The minimum atomic E-state index is -3.70. The Morgan fingerprint density at radius 1 is 1.19 bits per heavy atom. The van der Waals surface area contributed by atoms with Gasteiger partial charge in [-0.05, 0) is 50.5 Å². The average Bonchev–Trinajstić information content (AvgIpc) is 2.75. The van der Waals surface area contributed by atoms with E-state index in [1.165, 1.54) is 0 Å². The molecule has 2 aromatic rings. The number of rotatable bonds is 9. The van der Waals surface area contributed by atoms with Crippen LogP contribution in [0.5, 0.6) is 0 Å². The zero-order valence-electron chi connectivity index (χ0n) is 17.5. The second-order valence-corrected chi connectivity index (χ2v) is 9.45. The monoisotopic (exact) mass is 447 g/mol. The van der Waals surface area contributed by atoms with Crippen LogP contribution in [-0.4, -0.2) is 55.8 Å². The summed E-state index contributed by atoms with van der Waals surface area (Å²) in [5.74, 6) is -0.114. The van der Waals surface area contributed by atoms with Gasteiger partial charge in [0.15, 0.2) is 0 Å². The lowest BCUT2D eigenvalue weighted by Crippen LogP contribution is -2.51. The van der Waals surface area contributed by atoms with Gasteiger partial charge in [-0.25, -0.2) is 13.1 Å². The van der Waals surface area contributed by atoms with Crippen LogP contribution in [0.3, 0.4) is 0 Å². The van der Waals surface area contributed by atoms with Crippen LogP contribution in [0.4, 0.5) is 0 Å². The predicted octanol–water partition coefficient (Wildman–Crippen LogP) is 1.33. The molecule has 1 saturated heterocycles. The van der Waals surface area contributed by atoms with Gasteiger partial charge in [-0.2, -0.15) is 0 Å². The lowest BCUT2D eigenvalue weighted by molar-refractivity contribution is -0.121. The molecule has 0 unspecified atom stereocenters. The number of pyridine rings is 1. The van der Waals surface area contributed by atoms with Crippen molar-refractivity contribution in [2.75, 3.05) is 13.2 Å². The number of aliphatic hydroxyl groups excluding tert-OH is 1. The summed E-state index contributed by atoms with van der Waals surface area (Å²) in [6.45, 7) is 2.04. The summed E-state index contributed by atoms with van der Waals surface area (Å²) in [7, 11) is -3.70. The van der Waals surface area contributed by atoms with Crippen molar-refractivity contribution >= 4 is 15.9 Å². The minimum absolute atomic E-state index is 0.114. The highest BCUT2D eigenvalue weighted by atomic mass is 32.2. The van der Waals surface area contributed by atoms with E-state index in [1.807, 2.05) is 13.0 Å². The van der Waals surface area contributed by atoms with Crippen LogP contribution in [0.2, 0.25) is 0 Å². The number of carbonyl (C=O) groups is 1. The first-order chi connectivity index (χ1) is 14.9. The van der Waals surface area contributed by atoms with E-state index in [0.717, 1.165) is 5.56 Å². The van der Waals surface area contributed by atoms with Crippen LogP contribution in [0, 0.1) is 6.92 Å². The molecule has 0 saturated carbocycles. The molecule has 3 N–H and O–H groups in total. The molecule has 1 aliphatic heterocycles. The van der Waals surface area contributed by atoms with Crippen LogP contribution < -0.4 is 10.0 Å². The van der Waals surface area contributed by atoms with E-state index in [4.69, 9.17) is 4.74 Å². The van der Waals surface area contributed by atoms with Crippen molar-refractivity contribution < 1.29 is 23.1 Å². The number of hydrogen-bond acceptors (Lipinski definition) is 6. The number of ether oxygens (including phenoxy) is 1. The van der Waals surface area contributed by atoms with E-state index in [1.54, 1.807) is 42.6 Å². The summed E-state index contributed by atoms with van der Waals surface area (Å²) >= 11 is 0. The molecule has 8 nitrogen and oxygen atoms in total. The molecule has 0 spiro atoms. The topological polar surface area (TPSA) is 118 Å². The zero-order chi connectivity index (χ0) is 22.3. The van der Waals surface area contributed by atoms with Gasteiger partial charge in [0.25, 0.3) is 0 Å². The smallest absolute Gasteiger partial charge is 0.240 e. The van der Waals surface area contributed by atoms with Gasteiger partial charge in [-0.3, -0.25) is 9.78 Å². The Morgan fingerprint density at radius 3 is 2.65 bits per heavy atom. The molecular weight excluding hydrogens is 418 g/mol. The molecule has 1 amide bonds. The van der Waals surface area contributed by atoms with Crippen LogP contribution in [-0.2, 0) is 26.0 Å². The maximum absolute atomic E-state index is 12.7. The second kappa shape index (κ2) is 10.8. The van der Waals surface area contributed by atoms with E-state index in [-0.39, 0.29) is 29.9 Å². The predicted molar refractivity (Wildman–Crippen MR) is 116 cm³/mol. The summed E-state index contributed by atoms with van der Waals surface area (Å²) in [6, 6.07) is 11.5. The molecule has 3 atom stereocenters. The maximum Gasteiger partial charge on any atom is 0.240 e. The number of carbonyl (C=O) groups excluding carboxylic acids is 1. The highest BCUT2D eigenvalue weighted by molar-refractivity contribution is 7.89. The first-order valence-electron chi connectivity index (χ1n) is 10.4. The van der Waals surface area contributed by atoms with Crippen molar-refractivity contribution in [3.8, 4) is 0 Å². The highest BCUT2D eigenvalue weighted by Crippen LogP contribution is 2.23. The van der Waals surface area contributed by atoms with E-state index in [0.29, 0.717) is 31.5 Å². The summed E-state index contributed by atoms with van der Waals surface area (Å²) in [5, 5.41) is 12.6. The van der Waals surface area contributed by atoms with E-state index in [2.05, 4.69) is 15.0 Å². The first-order valence-corrected chi connectivity index (χ1v) is 11.9. The Hall–Kier alpha value is -2.33. The number of sulfonamides is 1. The van der Waals surface area contributed by atoms with Gasteiger partial charge < -0.3 is 15.2 Å². The third-order valence-corrected chi connectivity index (χ3v) is 6.80. The van der Waals surface area contributed by atoms with E-state index in [9.17, 15) is 18.3 Å². The molecule has 0 aliphatic carbocycles. The first kappa shape index (κ1) is 23.3. The quantitative estimate of drug-likeness (QED) is 0.534. The van der Waals surface area contributed by atoms with Gasteiger partial charge >= 0.3 is 0 Å². The van der Waals surface area contributed by atoms with Gasteiger partial charge in [0.2, 0.25) is 15.9 Å². The molecule has 1 aliphatic rings. The number of nitrogens with zero attached hydrogens (tertiary/aromatic N) is 1. The molecule has 31 heavy (non-hydrogen) atoms. The largest absolute Gasteiger partial charge is 0.394 e. The molecule has 1 aromatic carbocycles. The molecule has 3 rings (SSSR count). The summed E-state index contributed by atoms with van der Waals surface area (Å²) in [6.07, 6.45) is 2.83. The van der Waals surface area contributed by atoms with Crippen molar-refractivity contribution in [2.45, 2.75) is 55.8 Å². The van der Waals surface area contributed by atoms with Gasteiger partial charge in [0.05, 0.1) is 36.2 Å². The molecule has 2 heterocycles. The van der Waals surface area contributed by atoms with Crippen LogP contribution >= 0.6 is 0 Å². The lowest BCUT2D eigenvalue weighted by atomic mass is 9.98. The average molecular weight is 448 g/mol. The lowest BCUT2D eigenvalue weighted by Gasteiger charge is -2.36. The van der Waals surface area contributed by atoms with Gasteiger partial charge in [-0.15, -0.1) is 0 Å². The summed E-state index contributed by atoms with van der Waals surface area (Å²) in [5.41, 5.74) is 1.68. The zero-order valence-corrected chi connectivity index (χ0v) is 18.3. The highest BCUT2D eigenvalue weighted by Gasteiger charge is 2.33. The Bertz CT molecular complexity index is 951. The SMILES string of the molecule is Cc1ccc(S(=O)(=O)N[C@H]2CC[C@H](CCNC(=O)Cc3ccccn3)O[C@H]2CO)cc1. The number of nitrogens with one attached hydrogen (secondary N) is 2. The van der Waals surface area contributed by atoms with Crippen molar-refractivity contribution in [3.05, 3.63) is 59.9 Å². The van der Waals surface area contributed by atoms with Crippen molar-refractivity contribution in [1.82, 2.24) is 15.0 Å². The van der Waals surface area contributed by atoms with Crippen molar-refractivity contribution in [1.29, 1.82) is 0 Å². The van der Waals surface area contributed by atoms with Crippen LogP contribution in [0.15, 0.2) is 53.6 Å². The Kier molecular flexibility index (Phi) is 8.14. The normalized spacial score (nSPS) is 21.5. The number of hydrogen-bond donors (Lipinski definition) is 3. The minimum Gasteiger partial charge on any atom is -0.394 e. The molecule has 9 heteroatoms. The fourth-order valence-electron chi connectivity index (χ4n) is 3.57. The second-order valence-electron chi connectivity index (χ2n) is 7.73. The Labute approximate surface area is 183 Å². The number of benzene rings is 1. The fourth-order valence-corrected chi connectivity index (χ4v) is 4.86. The molecule has 1 fully saturated rings. The number of aliphatic hydroxyl groups is 1. The van der Waals surface area contributed by atoms with Crippen molar-refractivity contribution in [3.63, 3.8) is 0 Å². The number of aryl methyl sites for hydroxylation is 1. The van der Waals surface area contributed by atoms with E-state index < -0.39 is 22.2 Å². The molecule has 1 aromatic heterocycles. The fraction of sp³-hybridized carbons (Fsp3) is 0.455. The standard InChI is InChI=1S/C22H29N3O5S/c1-16-5-8-19(9-6-16)31(28,29)25-20-10-7-18(30-21(20)15-26)11-13-24-22(27)14-17-4-2-3-12-23-17/h2-6,8-9,12,18,20-21,25-26H,7,10-11,13-15H2,1H3,(H,24,27)/t18-,20+,21+/m1/s1.